The van der Waals surface area contributed by atoms with Gasteiger partial charge >= 0.3 is 5.97 Å². The summed E-state index contributed by atoms with van der Waals surface area (Å²) in [6.07, 6.45) is 0. The normalized spacial score (nSPS) is 11.9. The number of esters is 1. The fourth-order valence-corrected chi connectivity index (χ4v) is 2.30. The summed E-state index contributed by atoms with van der Waals surface area (Å²) in [4.78, 5) is 15.7. The van der Waals surface area contributed by atoms with E-state index in [1.54, 1.807) is 14.0 Å². The Bertz CT molecular complexity index is 583. The van der Waals surface area contributed by atoms with E-state index in [0.717, 1.165) is 11.3 Å². The maximum absolute atomic E-state index is 11.3. The van der Waals surface area contributed by atoms with E-state index in [1.165, 1.54) is 18.9 Å². The van der Waals surface area contributed by atoms with Crippen LogP contribution in [0.15, 0.2) is 29.4 Å². The van der Waals surface area contributed by atoms with Crippen LogP contribution >= 0.6 is 11.8 Å². The molecule has 0 aliphatic heterocycles. The second kappa shape index (κ2) is 6.42. The van der Waals surface area contributed by atoms with Gasteiger partial charge < -0.3 is 9.47 Å². The molecular weight excluding hydrogens is 278 g/mol. The quantitative estimate of drug-likeness (QED) is 0.672. The van der Waals surface area contributed by atoms with Crippen molar-refractivity contribution in [3.05, 3.63) is 24.3 Å². The molecule has 1 heterocycles. The van der Waals surface area contributed by atoms with Crippen LogP contribution in [-0.4, -0.2) is 40.6 Å². The molecule has 0 saturated heterocycles. The topological polar surface area (TPSA) is 77.1 Å². The molecule has 106 valence electrons. The van der Waals surface area contributed by atoms with Crippen molar-refractivity contribution in [2.45, 2.75) is 17.3 Å². The van der Waals surface area contributed by atoms with Gasteiger partial charge in [0.15, 0.2) is 5.82 Å². The summed E-state index contributed by atoms with van der Waals surface area (Å²) in [6.45, 7) is 1.75. The van der Waals surface area contributed by atoms with Crippen LogP contribution in [0.3, 0.4) is 0 Å². The Labute approximate surface area is 120 Å². The SMILES string of the molecule is COC(=O)C(C)Sc1n[nH]c(-c2ccc(OC)cc2)n1. The third kappa shape index (κ3) is 3.30. The molecule has 2 rings (SSSR count). The van der Waals surface area contributed by atoms with Crippen LogP contribution in [0.1, 0.15) is 6.92 Å². The molecule has 6 nitrogen and oxygen atoms in total. The predicted octanol–water partition coefficient (Wildman–Crippen LogP) is 2.13. The number of carbonyl (C=O) groups excluding carboxylic acids is 1. The first kappa shape index (κ1) is 14.4. The maximum Gasteiger partial charge on any atom is 0.318 e. The van der Waals surface area contributed by atoms with Crippen molar-refractivity contribution >= 4 is 17.7 Å². The third-order valence-corrected chi connectivity index (χ3v) is 3.58. The Balaban J connectivity index is 2.09. The molecule has 1 N–H and O–H groups in total. The molecule has 1 unspecified atom stereocenters. The zero-order chi connectivity index (χ0) is 14.5. The summed E-state index contributed by atoms with van der Waals surface area (Å²) in [6, 6.07) is 7.47. The lowest BCUT2D eigenvalue weighted by molar-refractivity contribution is -0.139. The first-order valence-electron chi connectivity index (χ1n) is 5.95. The maximum atomic E-state index is 11.3. The van der Waals surface area contributed by atoms with Crippen molar-refractivity contribution in [1.82, 2.24) is 15.2 Å². The zero-order valence-electron chi connectivity index (χ0n) is 11.4. The highest BCUT2D eigenvalue weighted by atomic mass is 32.2. The van der Waals surface area contributed by atoms with Crippen molar-refractivity contribution in [3.63, 3.8) is 0 Å². The Kier molecular flexibility index (Phi) is 4.62. The Morgan fingerprint density at radius 3 is 2.60 bits per heavy atom. The molecule has 0 aliphatic rings. The van der Waals surface area contributed by atoms with E-state index in [1.807, 2.05) is 24.3 Å². The van der Waals surface area contributed by atoms with E-state index < -0.39 is 0 Å². The van der Waals surface area contributed by atoms with Gasteiger partial charge in [0.05, 0.1) is 14.2 Å². The molecular formula is C13H15N3O3S. The molecule has 20 heavy (non-hydrogen) atoms. The molecule has 0 amide bonds. The minimum atomic E-state index is -0.348. The van der Waals surface area contributed by atoms with Gasteiger partial charge in [-0.15, -0.1) is 5.10 Å². The summed E-state index contributed by atoms with van der Waals surface area (Å²) in [5, 5.41) is 7.09. The van der Waals surface area contributed by atoms with Crippen molar-refractivity contribution in [1.29, 1.82) is 0 Å². The number of carbonyl (C=O) groups is 1. The first-order chi connectivity index (χ1) is 9.63. The lowest BCUT2D eigenvalue weighted by atomic mass is 10.2. The number of nitrogens with one attached hydrogen (secondary N) is 1. The minimum Gasteiger partial charge on any atom is -0.497 e. The van der Waals surface area contributed by atoms with Crippen molar-refractivity contribution in [3.8, 4) is 17.1 Å². The molecule has 1 aromatic carbocycles. The smallest absolute Gasteiger partial charge is 0.318 e. The van der Waals surface area contributed by atoms with Gasteiger partial charge in [-0.3, -0.25) is 9.89 Å². The highest BCUT2D eigenvalue weighted by Gasteiger charge is 2.17. The number of nitrogens with zero attached hydrogens (tertiary/aromatic N) is 2. The summed E-state index contributed by atoms with van der Waals surface area (Å²) in [5.74, 6) is 1.13. The summed E-state index contributed by atoms with van der Waals surface area (Å²) in [7, 11) is 2.98. The van der Waals surface area contributed by atoms with Crippen LogP contribution in [0.2, 0.25) is 0 Å². The molecule has 0 aliphatic carbocycles. The molecule has 1 aromatic heterocycles. The highest BCUT2D eigenvalue weighted by Crippen LogP contribution is 2.24. The van der Waals surface area contributed by atoms with Gasteiger partial charge in [-0.2, -0.15) is 0 Å². The number of thioether (sulfide) groups is 1. The lowest BCUT2D eigenvalue weighted by Gasteiger charge is -2.04. The number of ether oxygens (including phenoxy) is 2. The van der Waals surface area contributed by atoms with Gasteiger partial charge in [0.2, 0.25) is 5.16 Å². The Morgan fingerprint density at radius 1 is 1.30 bits per heavy atom. The molecule has 0 radical (unpaired) electrons. The van der Waals surface area contributed by atoms with Crippen LogP contribution in [0, 0.1) is 0 Å². The van der Waals surface area contributed by atoms with Crippen LogP contribution in [0.25, 0.3) is 11.4 Å². The number of aromatic amines is 1. The summed E-state index contributed by atoms with van der Waals surface area (Å²) < 4.78 is 9.76. The van der Waals surface area contributed by atoms with Crippen LogP contribution in [0.5, 0.6) is 5.75 Å². The average molecular weight is 293 g/mol. The first-order valence-corrected chi connectivity index (χ1v) is 6.83. The minimum absolute atomic E-state index is 0.300. The third-order valence-electron chi connectivity index (χ3n) is 2.64. The van der Waals surface area contributed by atoms with E-state index in [9.17, 15) is 4.79 Å². The fraction of sp³-hybridized carbons (Fsp3) is 0.308. The number of hydrogen-bond acceptors (Lipinski definition) is 6. The molecule has 0 spiro atoms. The van der Waals surface area contributed by atoms with Gasteiger partial charge in [-0.25, -0.2) is 4.98 Å². The van der Waals surface area contributed by atoms with E-state index in [0.29, 0.717) is 11.0 Å². The number of H-pyrrole nitrogens is 1. The number of benzene rings is 1. The standard InChI is InChI=1S/C13H15N3O3S/c1-8(12(17)19-3)20-13-14-11(15-16-13)9-4-6-10(18-2)7-5-9/h4-8H,1-3H3,(H,14,15,16). The number of aromatic nitrogens is 3. The molecule has 0 saturated carbocycles. The summed E-state index contributed by atoms with van der Waals surface area (Å²) >= 11 is 1.25. The Morgan fingerprint density at radius 2 is 2.00 bits per heavy atom. The van der Waals surface area contributed by atoms with E-state index in [4.69, 9.17) is 4.74 Å². The largest absolute Gasteiger partial charge is 0.497 e. The van der Waals surface area contributed by atoms with Gasteiger partial charge in [-0.05, 0) is 31.2 Å². The van der Waals surface area contributed by atoms with Gasteiger partial charge in [0.25, 0.3) is 0 Å². The molecule has 1 atom stereocenters. The van der Waals surface area contributed by atoms with Crippen LogP contribution in [-0.2, 0) is 9.53 Å². The number of hydrogen-bond donors (Lipinski definition) is 1. The fourth-order valence-electron chi connectivity index (χ4n) is 1.55. The zero-order valence-corrected chi connectivity index (χ0v) is 12.2. The number of rotatable bonds is 5. The second-order valence-corrected chi connectivity index (χ2v) is 5.29. The second-order valence-electron chi connectivity index (χ2n) is 3.98. The van der Waals surface area contributed by atoms with Gasteiger partial charge in [0.1, 0.15) is 11.0 Å². The van der Waals surface area contributed by atoms with Gasteiger partial charge in [0, 0.05) is 5.56 Å². The van der Waals surface area contributed by atoms with Crippen LogP contribution < -0.4 is 4.74 Å². The predicted molar refractivity (Wildman–Crippen MR) is 75.7 cm³/mol. The van der Waals surface area contributed by atoms with Crippen molar-refractivity contribution in [2.24, 2.45) is 0 Å². The van der Waals surface area contributed by atoms with Crippen LogP contribution in [0.4, 0.5) is 0 Å². The molecule has 7 heteroatoms. The highest BCUT2D eigenvalue weighted by molar-refractivity contribution is 8.00. The van der Waals surface area contributed by atoms with Crippen molar-refractivity contribution < 1.29 is 14.3 Å². The van der Waals surface area contributed by atoms with Crippen molar-refractivity contribution in [2.75, 3.05) is 14.2 Å². The molecule has 0 fully saturated rings. The lowest BCUT2D eigenvalue weighted by Crippen LogP contribution is -2.14. The number of methoxy groups -OCH3 is 2. The monoisotopic (exact) mass is 293 g/mol. The van der Waals surface area contributed by atoms with Gasteiger partial charge in [-0.1, -0.05) is 11.8 Å². The van der Waals surface area contributed by atoms with E-state index in [2.05, 4.69) is 19.9 Å². The molecule has 0 bridgehead atoms. The van der Waals surface area contributed by atoms with E-state index >= 15 is 0 Å². The van der Waals surface area contributed by atoms with E-state index in [-0.39, 0.29) is 11.2 Å². The average Bonchev–Trinajstić information content (AvgIpc) is 2.94. The summed E-state index contributed by atoms with van der Waals surface area (Å²) in [5.41, 5.74) is 0.899. The Hall–Kier alpha value is -2.02. The molecule has 2 aromatic rings.